The van der Waals surface area contributed by atoms with E-state index in [4.69, 9.17) is 14.7 Å². The summed E-state index contributed by atoms with van der Waals surface area (Å²) >= 11 is 0. The first-order chi connectivity index (χ1) is 11.1. The smallest absolute Gasteiger partial charge is 0.414 e. The fraction of sp³-hybridized carbons (Fsp3) is 0.438. The Morgan fingerprint density at radius 3 is 2.78 bits per heavy atom. The maximum absolute atomic E-state index is 12.0. The van der Waals surface area contributed by atoms with Gasteiger partial charge in [0, 0.05) is 12.6 Å². The number of nitrogens with zero attached hydrogens (tertiary/aromatic N) is 3. The van der Waals surface area contributed by atoms with Gasteiger partial charge in [-0.15, -0.1) is 0 Å². The van der Waals surface area contributed by atoms with E-state index in [0.29, 0.717) is 6.54 Å². The molecule has 1 atom stereocenters. The number of carbonyl (C=O) groups excluding carboxylic acids is 1. The minimum absolute atomic E-state index is 0.120. The van der Waals surface area contributed by atoms with Crippen molar-refractivity contribution in [2.45, 2.75) is 31.3 Å². The van der Waals surface area contributed by atoms with Crippen LogP contribution < -0.4 is 4.90 Å². The third-order valence-electron chi connectivity index (χ3n) is 4.19. The van der Waals surface area contributed by atoms with Crippen molar-refractivity contribution in [3.63, 3.8) is 0 Å². The largest absolute Gasteiger partial charge is 0.475 e. The topological polar surface area (TPSA) is 95.2 Å². The predicted octanol–water partition coefficient (Wildman–Crippen LogP) is 2.39. The van der Waals surface area contributed by atoms with Crippen molar-refractivity contribution in [2.75, 3.05) is 18.1 Å². The van der Waals surface area contributed by atoms with Crippen LogP contribution in [0.1, 0.15) is 25.3 Å². The van der Waals surface area contributed by atoms with Gasteiger partial charge >= 0.3 is 6.09 Å². The van der Waals surface area contributed by atoms with Crippen molar-refractivity contribution in [1.29, 1.82) is 5.26 Å². The molecular weight excluding hydrogens is 298 g/mol. The molecule has 1 aliphatic heterocycles. The van der Waals surface area contributed by atoms with Crippen molar-refractivity contribution in [3.05, 3.63) is 29.8 Å². The molecule has 120 valence electrons. The summed E-state index contributed by atoms with van der Waals surface area (Å²) in [6.45, 7) is 2.00. The molecule has 1 saturated carbocycles. The summed E-state index contributed by atoms with van der Waals surface area (Å²) in [7, 11) is 0. The molecule has 0 unspecified atom stereocenters. The summed E-state index contributed by atoms with van der Waals surface area (Å²) in [4.78, 5) is 13.5. The summed E-state index contributed by atoms with van der Waals surface area (Å²) < 4.78 is 10.4. The van der Waals surface area contributed by atoms with Crippen LogP contribution in [0.2, 0.25) is 0 Å². The van der Waals surface area contributed by atoms with Crippen molar-refractivity contribution in [2.24, 2.45) is 5.16 Å². The number of oxime groups is 1. The van der Waals surface area contributed by atoms with Gasteiger partial charge in [-0.1, -0.05) is 17.3 Å². The Balaban J connectivity index is 1.65. The van der Waals surface area contributed by atoms with Crippen LogP contribution >= 0.6 is 0 Å². The van der Waals surface area contributed by atoms with Crippen LogP contribution in [0.3, 0.4) is 0 Å². The molecule has 3 rings (SSSR count). The number of hydrogen-bond acceptors (Lipinski definition) is 6. The van der Waals surface area contributed by atoms with E-state index in [1.165, 1.54) is 11.8 Å². The third-order valence-corrected chi connectivity index (χ3v) is 4.19. The van der Waals surface area contributed by atoms with Crippen molar-refractivity contribution in [1.82, 2.24) is 0 Å². The normalized spacial score (nSPS) is 22.4. The van der Waals surface area contributed by atoms with E-state index in [2.05, 4.69) is 11.2 Å². The van der Waals surface area contributed by atoms with E-state index in [1.54, 1.807) is 0 Å². The Labute approximate surface area is 133 Å². The highest BCUT2D eigenvalue weighted by molar-refractivity contribution is 5.89. The first-order valence-electron chi connectivity index (χ1n) is 7.39. The molecule has 1 N–H and O–H groups in total. The fourth-order valence-corrected chi connectivity index (χ4v) is 2.61. The summed E-state index contributed by atoms with van der Waals surface area (Å²) in [5.41, 5.74) is 1.38. The van der Waals surface area contributed by atoms with Crippen molar-refractivity contribution < 1.29 is 19.5 Å². The van der Waals surface area contributed by atoms with Gasteiger partial charge < -0.3 is 14.7 Å². The highest BCUT2D eigenvalue weighted by atomic mass is 16.6. The van der Waals surface area contributed by atoms with E-state index in [0.717, 1.165) is 24.1 Å². The third kappa shape index (κ3) is 2.93. The van der Waals surface area contributed by atoms with Crippen molar-refractivity contribution >= 4 is 17.7 Å². The first kappa shape index (κ1) is 15.2. The number of hydrogen-bond donors (Lipinski definition) is 1. The van der Waals surface area contributed by atoms with Crippen LogP contribution in [0.5, 0.6) is 0 Å². The van der Waals surface area contributed by atoms with Crippen LogP contribution in [0.15, 0.2) is 29.4 Å². The number of rotatable bonds is 4. The van der Waals surface area contributed by atoms with Gasteiger partial charge in [-0.05, 0) is 30.5 Å². The van der Waals surface area contributed by atoms with Crippen molar-refractivity contribution in [3.8, 4) is 6.07 Å². The lowest BCUT2D eigenvalue weighted by Crippen LogP contribution is -2.26. The molecule has 1 aromatic carbocycles. The Morgan fingerprint density at radius 2 is 2.22 bits per heavy atom. The molecule has 0 radical (unpaired) electrons. The molecular formula is C16H17N3O4. The molecule has 0 aromatic heterocycles. The molecule has 1 heterocycles. The number of cyclic esters (lactones) is 1. The van der Waals surface area contributed by atoms with Crippen LogP contribution in [0, 0.1) is 11.3 Å². The summed E-state index contributed by atoms with van der Waals surface area (Å²) in [5.74, 6) is 0.120. The molecule has 0 bridgehead atoms. The Bertz CT molecular complexity index is 674. The highest BCUT2D eigenvalue weighted by Crippen LogP contribution is 2.47. The summed E-state index contributed by atoms with van der Waals surface area (Å²) in [6.07, 6.45) is 0.915. The molecule has 0 spiro atoms. The lowest BCUT2D eigenvalue weighted by atomic mass is 9.97. The predicted molar refractivity (Wildman–Crippen MR) is 81.4 cm³/mol. The molecule has 1 saturated heterocycles. The second-order valence-electron chi connectivity index (χ2n) is 5.79. The minimum atomic E-state index is -0.439. The molecule has 1 amide bonds. The molecule has 1 aromatic rings. The average molecular weight is 315 g/mol. The standard InChI is InChI=1S/C16H17N3O4/c1-11(18-21)22-9-14-8-19(15(20)23-14)13-4-2-12(3-5-13)16(10-17)6-7-16/h2-5,14,21H,6-9H2,1H3/b18-11+/t14-/m0/s1. The number of anilines is 1. The fourth-order valence-electron chi connectivity index (χ4n) is 2.61. The van der Waals surface area contributed by atoms with Gasteiger partial charge in [0.2, 0.25) is 5.90 Å². The molecule has 2 fully saturated rings. The molecule has 23 heavy (non-hydrogen) atoms. The van der Waals surface area contributed by atoms with Gasteiger partial charge in [-0.2, -0.15) is 5.26 Å². The zero-order valence-electron chi connectivity index (χ0n) is 12.7. The first-order valence-corrected chi connectivity index (χ1v) is 7.39. The Kier molecular flexibility index (Phi) is 3.82. The van der Waals surface area contributed by atoms with Gasteiger partial charge in [0.05, 0.1) is 18.0 Å². The number of ether oxygens (including phenoxy) is 2. The Hall–Kier alpha value is -2.75. The molecule has 2 aliphatic rings. The van der Waals surface area contributed by atoms with E-state index in [1.807, 2.05) is 24.3 Å². The molecule has 7 nitrogen and oxygen atoms in total. The van der Waals surface area contributed by atoms with Crippen LogP contribution in [-0.2, 0) is 14.9 Å². The lowest BCUT2D eigenvalue weighted by Gasteiger charge is -2.14. The van der Waals surface area contributed by atoms with Gasteiger partial charge in [0.1, 0.15) is 6.61 Å². The number of amides is 1. The van der Waals surface area contributed by atoms with E-state index in [-0.39, 0.29) is 17.9 Å². The van der Waals surface area contributed by atoms with Crippen LogP contribution in [0.25, 0.3) is 0 Å². The minimum Gasteiger partial charge on any atom is -0.475 e. The van der Waals surface area contributed by atoms with Gasteiger partial charge in [-0.25, -0.2) is 4.79 Å². The summed E-state index contributed by atoms with van der Waals surface area (Å²) in [5, 5.41) is 20.7. The zero-order chi connectivity index (χ0) is 16.4. The van der Waals surface area contributed by atoms with Gasteiger partial charge in [-0.3, -0.25) is 4.90 Å². The molecule has 7 heteroatoms. The molecule has 1 aliphatic carbocycles. The highest BCUT2D eigenvalue weighted by Gasteiger charge is 2.45. The summed E-state index contributed by atoms with van der Waals surface area (Å²) in [6, 6.07) is 9.80. The monoisotopic (exact) mass is 315 g/mol. The number of nitriles is 1. The quantitative estimate of drug-likeness (QED) is 0.398. The van der Waals surface area contributed by atoms with Gasteiger partial charge in [0.15, 0.2) is 6.10 Å². The van der Waals surface area contributed by atoms with E-state index < -0.39 is 12.2 Å². The lowest BCUT2D eigenvalue weighted by molar-refractivity contribution is 0.0980. The SMILES string of the molecule is C/C(=N\O)OC[C@@H]1CN(c2ccc(C3(C#N)CC3)cc2)C(=O)O1. The van der Waals surface area contributed by atoms with E-state index in [9.17, 15) is 10.1 Å². The maximum Gasteiger partial charge on any atom is 0.414 e. The number of carbonyl (C=O) groups is 1. The second-order valence-corrected chi connectivity index (χ2v) is 5.79. The number of benzene rings is 1. The zero-order valence-corrected chi connectivity index (χ0v) is 12.7. The van der Waals surface area contributed by atoms with Gasteiger partial charge in [0.25, 0.3) is 0 Å². The average Bonchev–Trinajstić information content (AvgIpc) is 3.30. The maximum atomic E-state index is 12.0. The van der Waals surface area contributed by atoms with E-state index >= 15 is 0 Å². The van der Waals surface area contributed by atoms with Crippen LogP contribution in [-0.4, -0.2) is 36.5 Å². The van der Waals surface area contributed by atoms with Crippen LogP contribution in [0.4, 0.5) is 10.5 Å². The second kappa shape index (κ2) is 5.80. The Morgan fingerprint density at radius 1 is 1.52 bits per heavy atom.